The molecule has 0 unspecified atom stereocenters. The minimum atomic E-state index is 0.750. The predicted molar refractivity (Wildman–Crippen MR) is 30.0 cm³/mol. The van der Waals surface area contributed by atoms with Gasteiger partial charge in [-0.1, -0.05) is 0 Å². The lowest BCUT2D eigenvalue weighted by Gasteiger charge is -1.79. The van der Waals surface area contributed by atoms with E-state index in [2.05, 4.69) is 0 Å². The van der Waals surface area contributed by atoms with E-state index in [1.165, 1.54) is 4.57 Å². The third kappa shape index (κ3) is 1.32. The van der Waals surface area contributed by atoms with Crippen LogP contribution in [0.5, 0.6) is 0 Å². The van der Waals surface area contributed by atoms with Crippen LogP contribution in [0.25, 0.3) is 0 Å². The first-order chi connectivity index (χ1) is 4.33. The molecule has 1 aromatic heterocycles. The van der Waals surface area contributed by atoms with Crippen LogP contribution in [0.3, 0.4) is 0 Å². The van der Waals surface area contributed by atoms with Gasteiger partial charge in [0.15, 0.2) is 0 Å². The number of nitrogens with zero attached hydrogens (tertiary/aromatic N) is 2. The van der Waals surface area contributed by atoms with Gasteiger partial charge >= 0.3 is 6.41 Å². The van der Waals surface area contributed by atoms with E-state index in [9.17, 15) is 4.79 Å². The first-order valence-electron chi connectivity index (χ1n) is 2.64. The van der Waals surface area contributed by atoms with Gasteiger partial charge in [-0.25, -0.2) is 4.79 Å². The van der Waals surface area contributed by atoms with Crippen LogP contribution < -0.4 is 9.13 Å². The molecule has 0 amide bonds. The van der Waals surface area contributed by atoms with Crippen LogP contribution in [0.1, 0.15) is 0 Å². The molecule has 1 heterocycles. The Kier molecular flexibility index (Phi) is 1.53. The monoisotopic (exact) mass is 124 g/mol. The summed E-state index contributed by atoms with van der Waals surface area (Å²) in [6.07, 6.45) is 7.72. The van der Waals surface area contributed by atoms with Crippen molar-refractivity contribution < 1.29 is 13.9 Å². The van der Waals surface area contributed by atoms with Crippen LogP contribution in [-0.4, -0.2) is 6.41 Å². The molecule has 3 nitrogen and oxygen atoms in total. The molecular formula is C6H8N2O+2. The van der Waals surface area contributed by atoms with E-state index < -0.39 is 0 Å². The van der Waals surface area contributed by atoms with Gasteiger partial charge in [0, 0.05) is 0 Å². The quantitative estimate of drug-likeness (QED) is 0.342. The highest BCUT2D eigenvalue weighted by Crippen LogP contribution is 1.61. The highest BCUT2D eigenvalue weighted by atomic mass is 16.1. The molecule has 1 aromatic rings. The molecule has 0 aliphatic rings. The van der Waals surface area contributed by atoms with Crippen molar-refractivity contribution in [2.45, 2.75) is 0 Å². The molecule has 0 atom stereocenters. The van der Waals surface area contributed by atoms with Crippen molar-refractivity contribution in [3.63, 3.8) is 0 Å². The highest BCUT2D eigenvalue weighted by Gasteiger charge is 1.97. The largest absolute Gasteiger partial charge is 0.380 e. The Labute approximate surface area is 53.2 Å². The molecule has 9 heavy (non-hydrogen) atoms. The Morgan fingerprint density at radius 2 is 1.78 bits per heavy atom. The van der Waals surface area contributed by atoms with Gasteiger partial charge in [-0.05, 0) is 0 Å². The van der Waals surface area contributed by atoms with Crippen LogP contribution in [0, 0.1) is 0 Å². The predicted octanol–water partition coefficient (Wildman–Crippen LogP) is -1.16. The lowest BCUT2D eigenvalue weighted by molar-refractivity contribution is -0.694. The van der Waals surface area contributed by atoms with Crippen molar-refractivity contribution >= 4 is 6.41 Å². The number of carbonyl (C=O) groups excluding carboxylic acids is 1. The maximum atomic E-state index is 10.1. The normalized spacial score (nSPS) is 9.00. The molecule has 1 rings (SSSR count). The minimum Gasteiger partial charge on any atom is -0.222 e. The first-order valence-corrected chi connectivity index (χ1v) is 2.64. The van der Waals surface area contributed by atoms with Gasteiger partial charge in [-0.15, -0.1) is 4.57 Å². The Hall–Kier alpha value is -1.25. The maximum absolute atomic E-state index is 10.1. The van der Waals surface area contributed by atoms with E-state index in [0.717, 1.165) is 6.41 Å². The zero-order valence-electron chi connectivity index (χ0n) is 5.19. The molecule has 0 bridgehead atoms. The number of carbonyl (C=O) groups is 1. The summed E-state index contributed by atoms with van der Waals surface area (Å²) in [6, 6.07) is 0. The van der Waals surface area contributed by atoms with Gasteiger partial charge in [-0.3, -0.25) is 0 Å². The number of hydrogen-bond donors (Lipinski definition) is 0. The number of rotatable bonds is 1. The van der Waals surface area contributed by atoms with E-state index in [1.807, 2.05) is 11.6 Å². The summed E-state index contributed by atoms with van der Waals surface area (Å²) in [7, 11) is 1.90. The summed E-state index contributed by atoms with van der Waals surface area (Å²) in [5, 5.41) is 0. The highest BCUT2D eigenvalue weighted by molar-refractivity contribution is 5.34. The lowest BCUT2D eigenvalue weighted by Crippen LogP contribution is -2.38. The molecule has 3 heteroatoms. The average molecular weight is 124 g/mol. The molecule has 46 valence electrons. The fourth-order valence-corrected chi connectivity index (χ4v) is 0.534. The van der Waals surface area contributed by atoms with Crippen LogP contribution >= 0.6 is 0 Å². The van der Waals surface area contributed by atoms with Crippen LogP contribution in [0.4, 0.5) is 0 Å². The van der Waals surface area contributed by atoms with Crippen LogP contribution in [0.2, 0.25) is 0 Å². The summed E-state index contributed by atoms with van der Waals surface area (Å²) in [6.45, 7) is 0. The molecule has 0 aromatic carbocycles. The zero-order chi connectivity index (χ0) is 6.69. The van der Waals surface area contributed by atoms with E-state index in [0.29, 0.717) is 0 Å². The third-order valence-electron chi connectivity index (χ3n) is 1.07. The van der Waals surface area contributed by atoms with Gasteiger partial charge in [0.2, 0.25) is 24.8 Å². The standard InChI is InChI=1S/C6H8N2O/c1-7-2-4-8(6-9)5-3-7/h2-6H,1H3/q+2. The van der Waals surface area contributed by atoms with Crippen LogP contribution in [-0.2, 0) is 11.8 Å². The van der Waals surface area contributed by atoms with Gasteiger partial charge in [0.1, 0.15) is 7.05 Å². The van der Waals surface area contributed by atoms with Crippen LogP contribution in [0.15, 0.2) is 24.8 Å². The number of aromatic nitrogens is 2. The Morgan fingerprint density at radius 1 is 1.22 bits per heavy atom. The van der Waals surface area contributed by atoms with Gasteiger partial charge < -0.3 is 0 Å². The topological polar surface area (TPSA) is 24.8 Å². The SMILES string of the molecule is C[n+]1cc[n+](C=O)cc1. The second-order valence-corrected chi connectivity index (χ2v) is 1.81. The molecule has 0 spiro atoms. The van der Waals surface area contributed by atoms with E-state index in [1.54, 1.807) is 24.8 Å². The van der Waals surface area contributed by atoms with E-state index >= 15 is 0 Å². The van der Waals surface area contributed by atoms with E-state index in [-0.39, 0.29) is 0 Å². The van der Waals surface area contributed by atoms with Crippen molar-refractivity contribution in [2.24, 2.45) is 7.05 Å². The summed E-state index contributed by atoms with van der Waals surface area (Å²) in [4.78, 5) is 10.1. The lowest BCUT2D eigenvalue weighted by atomic mass is 10.7. The average Bonchev–Trinajstić information content (AvgIpc) is 1.90. The van der Waals surface area contributed by atoms with Crippen molar-refractivity contribution in [2.75, 3.05) is 0 Å². The van der Waals surface area contributed by atoms with Crippen molar-refractivity contribution in [3.8, 4) is 0 Å². The van der Waals surface area contributed by atoms with Gasteiger partial charge in [0.05, 0.1) is 0 Å². The Balaban J connectivity index is 3.01. The molecule has 0 N–H and O–H groups in total. The number of aryl methyl sites for hydroxylation is 1. The minimum absolute atomic E-state index is 0.750. The fourth-order valence-electron chi connectivity index (χ4n) is 0.534. The second kappa shape index (κ2) is 2.35. The molecule has 0 saturated carbocycles. The zero-order valence-corrected chi connectivity index (χ0v) is 5.19. The van der Waals surface area contributed by atoms with E-state index in [4.69, 9.17) is 0 Å². The molecule has 0 aliphatic carbocycles. The van der Waals surface area contributed by atoms with Crippen molar-refractivity contribution in [1.82, 2.24) is 0 Å². The first kappa shape index (κ1) is 5.88. The Morgan fingerprint density at radius 3 is 2.22 bits per heavy atom. The molecule has 0 aliphatic heterocycles. The number of hydrogen-bond acceptors (Lipinski definition) is 1. The molecule has 0 fully saturated rings. The molecule has 0 saturated heterocycles. The van der Waals surface area contributed by atoms with Crippen molar-refractivity contribution in [1.29, 1.82) is 0 Å². The third-order valence-corrected chi connectivity index (χ3v) is 1.07. The summed E-state index contributed by atoms with van der Waals surface area (Å²) < 4.78 is 3.31. The fraction of sp³-hybridized carbons (Fsp3) is 0.167. The summed E-state index contributed by atoms with van der Waals surface area (Å²) in [5.74, 6) is 0. The molecule has 0 radical (unpaired) electrons. The second-order valence-electron chi connectivity index (χ2n) is 1.81. The van der Waals surface area contributed by atoms with Crippen molar-refractivity contribution in [3.05, 3.63) is 24.8 Å². The maximum Gasteiger partial charge on any atom is 0.380 e. The Bertz CT molecular complexity index is 205. The smallest absolute Gasteiger partial charge is 0.222 e. The summed E-state index contributed by atoms with van der Waals surface area (Å²) in [5.41, 5.74) is 0. The molecular weight excluding hydrogens is 116 g/mol. The van der Waals surface area contributed by atoms with Gasteiger partial charge in [0.25, 0.3) is 0 Å². The van der Waals surface area contributed by atoms with Gasteiger partial charge in [-0.2, -0.15) is 4.57 Å². The summed E-state index contributed by atoms with van der Waals surface area (Å²) >= 11 is 0.